The Hall–Kier alpha value is -0.380. The largest absolute Gasteiger partial charge is 0.322 e. The van der Waals surface area contributed by atoms with Crippen LogP contribution in [0.3, 0.4) is 0 Å². The number of nitrogens with zero attached hydrogens (tertiary/aromatic N) is 2. The smallest absolute Gasteiger partial charge is 0.128 e. The standard InChI is InChI=1S/C16H20Cl2N2S/c1-3-21-14-9-5-7-12(14)20-13-8-4-6-11(18)15(13)19-16(20)10(2)17/h4,6,8,10,12,14H,3,5,7,9H2,1-2H3. The van der Waals surface area contributed by atoms with E-state index in [0.29, 0.717) is 16.3 Å². The second-order valence-corrected chi connectivity index (χ2v) is 8.13. The lowest BCUT2D eigenvalue weighted by Gasteiger charge is -2.24. The van der Waals surface area contributed by atoms with E-state index < -0.39 is 0 Å². The van der Waals surface area contributed by atoms with Crippen LogP contribution in [0.1, 0.15) is 50.4 Å². The first kappa shape index (κ1) is 15.5. The molecule has 1 fully saturated rings. The van der Waals surface area contributed by atoms with Gasteiger partial charge in [-0.2, -0.15) is 11.8 Å². The van der Waals surface area contributed by atoms with Crippen LogP contribution in [0.5, 0.6) is 0 Å². The summed E-state index contributed by atoms with van der Waals surface area (Å²) in [6.45, 7) is 4.22. The lowest BCUT2D eigenvalue weighted by Crippen LogP contribution is -2.19. The van der Waals surface area contributed by atoms with Gasteiger partial charge >= 0.3 is 0 Å². The zero-order chi connectivity index (χ0) is 15.0. The van der Waals surface area contributed by atoms with Crippen LogP contribution in [-0.2, 0) is 0 Å². The summed E-state index contributed by atoms with van der Waals surface area (Å²) in [6.07, 6.45) is 3.75. The number of alkyl halides is 1. The average molecular weight is 343 g/mol. The predicted octanol–water partition coefficient (Wildman–Crippen LogP) is 5.84. The predicted molar refractivity (Wildman–Crippen MR) is 93.8 cm³/mol. The third-order valence-corrected chi connectivity index (χ3v) is 6.00. The van der Waals surface area contributed by atoms with E-state index in [2.05, 4.69) is 29.3 Å². The van der Waals surface area contributed by atoms with E-state index in [-0.39, 0.29) is 5.38 Å². The normalized spacial score (nSPS) is 23.8. The molecule has 1 aliphatic rings. The second kappa shape index (κ2) is 6.39. The monoisotopic (exact) mass is 342 g/mol. The van der Waals surface area contributed by atoms with Crippen molar-refractivity contribution >= 4 is 46.0 Å². The maximum atomic E-state index is 6.40. The van der Waals surface area contributed by atoms with Gasteiger partial charge in [-0.3, -0.25) is 0 Å². The van der Waals surface area contributed by atoms with E-state index in [1.54, 1.807) is 0 Å². The minimum absolute atomic E-state index is 0.110. The van der Waals surface area contributed by atoms with Gasteiger partial charge in [0.1, 0.15) is 11.3 Å². The summed E-state index contributed by atoms with van der Waals surface area (Å²) in [5.41, 5.74) is 2.01. The highest BCUT2D eigenvalue weighted by Gasteiger charge is 2.32. The zero-order valence-electron chi connectivity index (χ0n) is 12.4. The fourth-order valence-electron chi connectivity index (χ4n) is 3.34. The molecule has 114 valence electrons. The number of imidazole rings is 1. The van der Waals surface area contributed by atoms with Crippen LogP contribution >= 0.6 is 35.0 Å². The van der Waals surface area contributed by atoms with Gasteiger partial charge in [-0.15, -0.1) is 11.6 Å². The van der Waals surface area contributed by atoms with Crippen molar-refractivity contribution in [2.24, 2.45) is 0 Å². The van der Waals surface area contributed by atoms with Crippen molar-refractivity contribution < 1.29 is 0 Å². The molecule has 2 nitrogen and oxygen atoms in total. The van der Waals surface area contributed by atoms with E-state index in [1.165, 1.54) is 19.3 Å². The molecule has 1 aliphatic carbocycles. The van der Waals surface area contributed by atoms with Crippen LogP contribution in [0.4, 0.5) is 0 Å². The SMILES string of the molecule is CCSC1CCCC1n1c(C(C)Cl)nc2c(Cl)cccc21. The van der Waals surface area contributed by atoms with Crippen molar-refractivity contribution in [1.29, 1.82) is 0 Å². The minimum atomic E-state index is -0.110. The number of thioether (sulfide) groups is 1. The molecule has 0 bridgehead atoms. The molecular weight excluding hydrogens is 323 g/mol. The summed E-state index contributed by atoms with van der Waals surface area (Å²) in [5, 5.41) is 1.25. The Morgan fingerprint density at radius 2 is 2.24 bits per heavy atom. The highest BCUT2D eigenvalue weighted by molar-refractivity contribution is 7.99. The van der Waals surface area contributed by atoms with Crippen molar-refractivity contribution in [3.8, 4) is 0 Å². The molecule has 0 aliphatic heterocycles. The van der Waals surface area contributed by atoms with E-state index in [9.17, 15) is 0 Å². The van der Waals surface area contributed by atoms with Crippen molar-refractivity contribution in [2.75, 3.05) is 5.75 Å². The summed E-state index contributed by atoms with van der Waals surface area (Å²) in [7, 11) is 0. The van der Waals surface area contributed by atoms with Crippen LogP contribution in [-0.4, -0.2) is 20.6 Å². The Kier molecular flexibility index (Phi) is 4.72. The summed E-state index contributed by atoms with van der Waals surface area (Å²) >= 11 is 14.8. The molecule has 1 heterocycles. The maximum absolute atomic E-state index is 6.40. The number of aromatic nitrogens is 2. The number of para-hydroxylation sites is 1. The highest BCUT2D eigenvalue weighted by Crippen LogP contribution is 2.42. The number of hydrogen-bond donors (Lipinski definition) is 0. The lowest BCUT2D eigenvalue weighted by molar-refractivity contribution is 0.519. The van der Waals surface area contributed by atoms with Crippen LogP contribution in [0.15, 0.2) is 18.2 Å². The first-order valence-electron chi connectivity index (χ1n) is 7.55. The van der Waals surface area contributed by atoms with E-state index in [4.69, 9.17) is 28.2 Å². The third kappa shape index (κ3) is 2.80. The molecule has 0 spiro atoms. The number of fused-ring (bicyclic) bond motifs is 1. The Labute approximate surface area is 140 Å². The molecule has 3 atom stereocenters. The molecule has 0 N–H and O–H groups in total. The van der Waals surface area contributed by atoms with Crippen molar-refractivity contribution in [1.82, 2.24) is 9.55 Å². The van der Waals surface area contributed by atoms with Gasteiger partial charge in [0.05, 0.1) is 15.9 Å². The lowest BCUT2D eigenvalue weighted by atomic mass is 10.2. The summed E-state index contributed by atoms with van der Waals surface area (Å²) < 4.78 is 2.36. The van der Waals surface area contributed by atoms with Gasteiger partial charge in [0.2, 0.25) is 0 Å². The topological polar surface area (TPSA) is 17.8 Å². The molecule has 0 radical (unpaired) electrons. The van der Waals surface area contributed by atoms with Crippen LogP contribution in [0.2, 0.25) is 5.02 Å². The van der Waals surface area contributed by atoms with Gasteiger partial charge in [0, 0.05) is 11.3 Å². The van der Waals surface area contributed by atoms with Crippen LogP contribution in [0.25, 0.3) is 11.0 Å². The molecule has 2 aromatic rings. The fourth-order valence-corrected chi connectivity index (χ4v) is 4.95. The number of halogens is 2. The Morgan fingerprint density at radius 1 is 1.43 bits per heavy atom. The molecule has 0 saturated heterocycles. The Bertz CT molecular complexity index is 638. The maximum Gasteiger partial charge on any atom is 0.128 e. The third-order valence-electron chi connectivity index (χ3n) is 4.18. The van der Waals surface area contributed by atoms with Crippen molar-refractivity contribution in [3.05, 3.63) is 29.0 Å². The highest BCUT2D eigenvalue weighted by atomic mass is 35.5. The molecule has 1 aromatic heterocycles. The molecule has 0 amide bonds. The van der Waals surface area contributed by atoms with Gasteiger partial charge in [-0.05, 0) is 37.7 Å². The van der Waals surface area contributed by atoms with Gasteiger partial charge in [-0.1, -0.05) is 31.0 Å². The molecular formula is C16H20Cl2N2S. The van der Waals surface area contributed by atoms with Gasteiger partial charge in [0.15, 0.2) is 0 Å². The van der Waals surface area contributed by atoms with Crippen LogP contribution in [0, 0.1) is 0 Å². The molecule has 1 saturated carbocycles. The summed E-state index contributed by atoms with van der Waals surface area (Å²) in [6, 6.07) is 6.50. The van der Waals surface area contributed by atoms with E-state index in [1.807, 2.05) is 19.1 Å². The molecule has 3 unspecified atom stereocenters. The van der Waals surface area contributed by atoms with Gasteiger partial charge < -0.3 is 4.57 Å². The molecule has 3 rings (SSSR count). The van der Waals surface area contributed by atoms with E-state index in [0.717, 1.165) is 22.6 Å². The summed E-state index contributed by atoms with van der Waals surface area (Å²) in [5.74, 6) is 2.11. The first-order valence-corrected chi connectivity index (χ1v) is 9.41. The van der Waals surface area contributed by atoms with Crippen molar-refractivity contribution in [3.63, 3.8) is 0 Å². The van der Waals surface area contributed by atoms with Crippen LogP contribution < -0.4 is 0 Å². The quantitative estimate of drug-likeness (QED) is 0.650. The number of rotatable bonds is 4. The molecule has 5 heteroatoms. The first-order chi connectivity index (χ1) is 10.1. The number of hydrogen-bond acceptors (Lipinski definition) is 2. The van der Waals surface area contributed by atoms with E-state index >= 15 is 0 Å². The second-order valence-electron chi connectivity index (χ2n) is 5.56. The van der Waals surface area contributed by atoms with Crippen molar-refractivity contribution in [2.45, 2.75) is 49.8 Å². The Balaban J connectivity index is 2.15. The van der Waals surface area contributed by atoms with Gasteiger partial charge in [0.25, 0.3) is 0 Å². The Morgan fingerprint density at radius 3 is 2.95 bits per heavy atom. The fraction of sp³-hybridized carbons (Fsp3) is 0.562. The number of benzene rings is 1. The molecule has 21 heavy (non-hydrogen) atoms. The summed E-state index contributed by atoms with van der Waals surface area (Å²) in [4.78, 5) is 4.74. The van der Waals surface area contributed by atoms with Gasteiger partial charge in [-0.25, -0.2) is 4.98 Å². The average Bonchev–Trinajstić information content (AvgIpc) is 3.03. The zero-order valence-corrected chi connectivity index (χ0v) is 14.7. The molecule has 1 aromatic carbocycles. The minimum Gasteiger partial charge on any atom is -0.322 e.